The molecular weight excluding hydrogens is 347 g/mol. The van der Waals surface area contributed by atoms with Crippen molar-refractivity contribution < 1.29 is 9.90 Å². The number of carbonyl (C=O) groups is 1. The molecule has 24 heavy (non-hydrogen) atoms. The SMILES string of the molecule is CCC(O)C1CCCCN1CC(=O)NCCc1cccc(Cl)c1Cl. The van der Waals surface area contributed by atoms with E-state index in [0.29, 0.717) is 29.6 Å². The van der Waals surface area contributed by atoms with Crippen molar-refractivity contribution in [2.45, 2.75) is 51.2 Å². The average molecular weight is 373 g/mol. The topological polar surface area (TPSA) is 52.6 Å². The maximum Gasteiger partial charge on any atom is 0.234 e. The number of nitrogens with zero attached hydrogens (tertiary/aromatic N) is 1. The number of hydrogen-bond acceptors (Lipinski definition) is 3. The summed E-state index contributed by atoms with van der Waals surface area (Å²) in [5, 5.41) is 14.2. The summed E-state index contributed by atoms with van der Waals surface area (Å²) in [6.45, 7) is 3.71. The van der Waals surface area contributed by atoms with Crippen LogP contribution >= 0.6 is 23.2 Å². The first-order chi connectivity index (χ1) is 11.5. The minimum atomic E-state index is -0.358. The first-order valence-corrected chi connectivity index (χ1v) is 9.40. The van der Waals surface area contributed by atoms with Gasteiger partial charge in [-0.25, -0.2) is 0 Å². The summed E-state index contributed by atoms with van der Waals surface area (Å²) in [6, 6.07) is 5.62. The fourth-order valence-corrected chi connectivity index (χ4v) is 3.65. The molecule has 1 aromatic carbocycles. The van der Waals surface area contributed by atoms with Crippen LogP contribution in [0.2, 0.25) is 10.0 Å². The second kappa shape index (κ2) is 9.62. The lowest BCUT2D eigenvalue weighted by molar-refractivity contribution is -0.124. The highest BCUT2D eigenvalue weighted by Gasteiger charge is 2.28. The summed E-state index contributed by atoms with van der Waals surface area (Å²) < 4.78 is 0. The second-order valence-corrected chi connectivity index (χ2v) is 7.11. The van der Waals surface area contributed by atoms with E-state index in [1.807, 2.05) is 19.1 Å². The lowest BCUT2D eigenvalue weighted by Crippen LogP contribution is -2.50. The van der Waals surface area contributed by atoms with Crippen LogP contribution in [-0.2, 0) is 11.2 Å². The predicted molar refractivity (Wildman–Crippen MR) is 98.7 cm³/mol. The molecular formula is C18H26Cl2N2O2. The van der Waals surface area contributed by atoms with Crippen LogP contribution in [-0.4, -0.2) is 47.7 Å². The standard InChI is InChI=1S/C18H26Cl2N2O2/c1-2-16(23)15-8-3-4-11-22(15)12-17(24)21-10-9-13-6-5-7-14(19)18(13)20/h5-7,15-16,23H,2-4,8-12H2,1H3,(H,21,24). The Kier molecular flexibility index (Phi) is 7.82. The molecule has 0 aromatic heterocycles. The molecule has 1 aliphatic heterocycles. The molecule has 0 bridgehead atoms. The third-order valence-electron chi connectivity index (χ3n) is 4.62. The number of aliphatic hydroxyl groups excluding tert-OH is 1. The van der Waals surface area contributed by atoms with Gasteiger partial charge in [0.25, 0.3) is 0 Å². The van der Waals surface area contributed by atoms with Crippen LogP contribution in [0.3, 0.4) is 0 Å². The Morgan fingerprint density at radius 3 is 2.96 bits per heavy atom. The lowest BCUT2D eigenvalue weighted by atomic mass is 9.96. The van der Waals surface area contributed by atoms with Gasteiger partial charge in [-0.2, -0.15) is 0 Å². The van der Waals surface area contributed by atoms with Crippen molar-refractivity contribution in [2.75, 3.05) is 19.6 Å². The largest absolute Gasteiger partial charge is 0.392 e. The van der Waals surface area contributed by atoms with E-state index in [9.17, 15) is 9.90 Å². The van der Waals surface area contributed by atoms with E-state index in [2.05, 4.69) is 10.2 Å². The Morgan fingerprint density at radius 1 is 1.42 bits per heavy atom. The van der Waals surface area contributed by atoms with Gasteiger partial charge in [-0.15, -0.1) is 0 Å². The molecule has 1 fully saturated rings. The van der Waals surface area contributed by atoms with Crippen LogP contribution in [0.4, 0.5) is 0 Å². The van der Waals surface area contributed by atoms with Crippen molar-refractivity contribution in [2.24, 2.45) is 0 Å². The molecule has 2 atom stereocenters. The van der Waals surface area contributed by atoms with Crippen LogP contribution in [0.5, 0.6) is 0 Å². The van der Waals surface area contributed by atoms with Crippen molar-refractivity contribution in [1.29, 1.82) is 0 Å². The molecule has 1 aromatic rings. The van der Waals surface area contributed by atoms with Gasteiger partial charge in [0.1, 0.15) is 0 Å². The number of rotatable bonds is 7. The summed E-state index contributed by atoms with van der Waals surface area (Å²) in [7, 11) is 0. The van der Waals surface area contributed by atoms with Crippen LogP contribution in [0.15, 0.2) is 18.2 Å². The number of carbonyl (C=O) groups excluding carboxylic acids is 1. The number of aliphatic hydroxyl groups is 1. The molecule has 4 nitrogen and oxygen atoms in total. The molecule has 1 aliphatic rings. The summed E-state index contributed by atoms with van der Waals surface area (Å²) in [4.78, 5) is 14.3. The number of nitrogens with one attached hydrogen (secondary N) is 1. The molecule has 6 heteroatoms. The number of halogens is 2. The van der Waals surface area contributed by atoms with E-state index in [-0.39, 0.29) is 18.1 Å². The lowest BCUT2D eigenvalue weighted by Gasteiger charge is -2.37. The maximum atomic E-state index is 12.2. The fourth-order valence-electron chi connectivity index (χ4n) is 3.24. The highest BCUT2D eigenvalue weighted by atomic mass is 35.5. The Balaban J connectivity index is 1.81. The van der Waals surface area contributed by atoms with Gasteiger partial charge in [-0.1, -0.05) is 48.7 Å². The minimum Gasteiger partial charge on any atom is -0.392 e. The molecule has 134 valence electrons. The quantitative estimate of drug-likeness (QED) is 0.771. The number of benzene rings is 1. The Bertz CT molecular complexity index is 554. The van der Waals surface area contributed by atoms with Gasteiger partial charge in [0.05, 0.1) is 22.7 Å². The molecule has 1 heterocycles. The molecule has 2 rings (SSSR count). The smallest absolute Gasteiger partial charge is 0.234 e. The third kappa shape index (κ3) is 5.35. The van der Waals surface area contributed by atoms with E-state index in [0.717, 1.165) is 37.8 Å². The van der Waals surface area contributed by atoms with Crippen molar-refractivity contribution >= 4 is 29.1 Å². The molecule has 0 aliphatic carbocycles. The van der Waals surface area contributed by atoms with Crippen molar-refractivity contribution in [3.63, 3.8) is 0 Å². The number of amides is 1. The van der Waals surface area contributed by atoms with E-state index >= 15 is 0 Å². The minimum absolute atomic E-state index is 0.0108. The van der Waals surface area contributed by atoms with E-state index < -0.39 is 0 Å². The van der Waals surface area contributed by atoms with E-state index in [4.69, 9.17) is 23.2 Å². The number of likely N-dealkylation sites (tertiary alicyclic amines) is 1. The van der Waals surface area contributed by atoms with E-state index in [1.165, 1.54) is 0 Å². The monoisotopic (exact) mass is 372 g/mol. The van der Waals surface area contributed by atoms with E-state index in [1.54, 1.807) is 6.07 Å². The van der Waals surface area contributed by atoms with Crippen LogP contribution in [0.1, 0.15) is 38.2 Å². The number of piperidine rings is 1. The molecule has 2 unspecified atom stereocenters. The van der Waals surface area contributed by atoms with Crippen LogP contribution < -0.4 is 5.32 Å². The van der Waals surface area contributed by atoms with Crippen LogP contribution in [0, 0.1) is 0 Å². The Morgan fingerprint density at radius 2 is 2.21 bits per heavy atom. The average Bonchev–Trinajstić information content (AvgIpc) is 2.58. The summed E-state index contributed by atoms with van der Waals surface area (Å²) in [5.74, 6) is -0.0108. The van der Waals surface area contributed by atoms with Crippen molar-refractivity contribution in [1.82, 2.24) is 10.2 Å². The Hall–Kier alpha value is -0.810. The highest BCUT2D eigenvalue weighted by Crippen LogP contribution is 2.25. The van der Waals surface area contributed by atoms with Gasteiger partial charge in [-0.05, 0) is 43.9 Å². The normalized spacial score (nSPS) is 19.9. The fraction of sp³-hybridized carbons (Fsp3) is 0.611. The number of hydrogen-bond donors (Lipinski definition) is 2. The van der Waals surface area contributed by atoms with Crippen LogP contribution in [0.25, 0.3) is 0 Å². The van der Waals surface area contributed by atoms with Gasteiger partial charge in [-0.3, -0.25) is 9.69 Å². The third-order valence-corrected chi connectivity index (χ3v) is 5.48. The zero-order valence-electron chi connectivity index (χ0n) is 14.1. The molecule has 0 radical (unpaired) electrons. The van der Waals surface area contributed by atoms with Gasteiger partial charge in [0.2, 0.25) is 5.91 Å². The zero-order valence-corrected chi connectivity index (χ0v) is 15.6. The molecule has 2 N–H and O–H groups in total. The zero-order chi connectivity index (χ0) is 17.5. The first kappa shape index (κ1) is 19.5. The second-order valence-electron chi connectivity index (χ2n) is 6.32. The summed E-state index contributed by atoms with van der Waals surface area (Å²) in [5.41, 5.74) is 0.932. The molecule has 1 saturated heterocycles. The predicted octanol–water partition coefficient (Wildman–Crippen LogP) is 3.28. The molecule has 0 saturated carbocycles. The highest BCUT2D eigenvalue weighted by molar-refractivity contribution is 6.42. The van der Waals surface area contributed by atoms with Crippen molar-refractivity contribution in [3.05, 3.63) is 33.8 Å². The first-order valence-electron chi connectivity index (χ1n) is 8.64. The van der Waals surface area contributed by atoms with Gasteiger partial charge < -0.3 is 10.4 Å². The Labute approximate surface area is 154 Å². The summed E-state index contributed by atoms with van der Waals surface area (Å²) in [6.07, 6.45) is 4.16. The van der Waals surface area contributed by atoms with Gasteiger partial charge >= 0.3 is 0 Å². The molecule has 0 spiro atoms. The molecule has 1 amide bonds. The maximum absolute atomic E-state index is 12.2. The van der Waals surface area contributed by atoms with Gasteiger partial charge in [0, 0.05) is 12.6 Å². The van der Waals surface area contributed by atoms with Crippen molar-refractivity contribution in [3.8, 4) is 0 Å². The van der Waals surface area contributed by atoms with Gasteiger partial charge in [0.15, 0.2) is 0 Å². The summed E-state index contributed by atoms with van der Waals surface area (Å²) >= 11 is 12.1.